The molecule has 0 amide bonds. The summed E-state index contributed by atoms with van der Waals surface area (Å²) in [5.41, 5.74) is -0.284. The lowest BCUT2D eigenvalue weighted by atomic mass is 9.81. The molecule has 1 rings (SSSR count). The van der Waals surface area contributed by atoms with Crippen molar-refractivity contribution in [2.24, 2.45) is 5.41 Å². The molecule has 1 heterocycles. The molecule has 4 heteroatoms. The van der Waals surface area contributed by atoms with Gasteiger partial charge in [0, 0.05) is 12.5 Å². The van der Waals surface area contributed by atoms with Gasteiger partial charge in [0.2, 0.25) is 0 Å². The lowest BCUT2D eigenvalue weighted by molar-refractivity contribution is -0.325. The van der Waals surface area contributed by atoms with Crippen LogP contribution in [0.2, 0.25) is 0 Å². The molecule has 0 aliphatic carbocycles. The van der Waals surface area contributed by atoms with Crippen LogP contribution in [-0.2, 0) is 14.2 Å². The number of hydrogen-bond acceptors (Lipinski definition) is 4. The minimum absolute atomic E-state index is 0.255. The van der Waals surface area contributed by atoms with E-state index in [1.165, 1.54) is 0 Å². The fraction of sp³-hybridized carbons (Fsp3) is 0.846. The number of ether oxygens (including phenoxy) is 3. The third-order valence-corrected chi connectivity index (χ3v) is 3.21. The van der Waals surface area contributed by atoms with Crippen molar-refractivity contribution >= 4 is 0 Å². The molecule has 0 unspecified atom stereocenters. The van der Waals surface area contributed by atoms with Crippen molar-refractivity contribution in [1.29, 1.82) is 0 Å². The Morgan fingerprint density at radius 1 is 1.53 bits per heavy atom. The van der Waals surface area contributed by atoms with Gasteiger partial charge in [-0.1, -0.05) is 19.9 Å². The van der Waals surface area contributed by atoms with Crippen LogP contribution in [0.5, 0.6) is 0 Å². The molecule has 1 fully saturated rings. The molecule has 0 radical (unpaired) electrons. The first kappa shape index (κ1) is 14.6. The van der Waals surface area contributed by atoms with Crippen molar-refractivity contribution in [2.45, 2.75) is 51.8 Å². The van der Waals surface area contributed by atoms with Crippen molar-refractivity contribution in [3.63, 3.8) is 0 Å². The van der Waals surface area contributed by atoms with Crippen LogP contribution in [0.1, 0.15) is 27.7 Å². The van der Waals surface area contributed by atoms with E-state index < -0.39 is 18.0 Å². The quantitative estimate of drug-likeness (QED) is 0.765. The molecule has 0 aromatic rings. The van der Waals surface area contributed by atoms with E-state index >= 15 is 0 Å². The summed E-state index contributed by atoms with van der Waals surface area (Å²) < 4.78 is 16.7. The summed E-state index contributed by atoms with van der Waals surface area (Å²) in [7, 11) is 1.62. The van der Waals surface area contributed by atoms with Gasteiger partial charge in [0.05, 0.1) is 12.7 Å². The average Bonchev–Trinajstić information content (AvgIpc) is 2.24. The third kappa shape index (κ3) is 3.28. The van der Waals surface area contributed by atoms with Gasteiger partial charge in [-0.25, -0.2) is 0 Å². The van der Waals surface area contributed by atoms with Gasteiger partial charge in [0.25, 0.3) is 0 Å². The Kier molecular flexibility index (Phi) is 4.36. The van der Waals surface area contributed by atoms with Crippen LogP contribution in [-0.4, -0.2) is 42.9 Å². The number of rotatable bonds is 4. The fourth-order valence-electron chi connectivity index (χ4n) is 2.06. The molecule has 100 valence electrons. The Morgan fingerprint density at radius 3 is 2.59 bits per heavy atom. The zero-order chi connectivity index (χ0) is 13.3. The summed E-state index contributed by atoms with van der Waals surface area (Å²) in [6, 6.07) is 0. The van der Waals surface area contributed by atoms with Crippen LogP contribution in [0.3, 0.4) is 0 Å². The van der Waals surface area contributed by atoms with Gasteiger partial charge in [-0.15, -0.1) is 6.58 Å². The standard InChI is InChI=1S/C13H24O4/c1-7-12(2,3)11(15-6)10-9(14)8-16-13(4,5)17-10/h7,9-11,14H,1,8H2,2-6H3/t9-,10+,11-/m1/s1. The van der Waals surface area contributed by atoms with Crippen LogP contribution in [0.25, 0.3) is 0 Å². The van der Waals surface area contributed by atoms with Crippen molar-refractivity contribution in [1.82, 2.24) is 0 Å². The maximum Gasteiger partial charge on any atom is 0.163 e. The van der Waals surface area contributed by atoms with E-state index in [9.17, 15) is 5.11 Å². The summed E-state index contributed by atoms with van der Waals surface area (Å²) in [6.07, 6.45) is 0.446. The van der Waals surface area contributed by atoms with Gasteiger partial charge in [0.1, 0.15) is 12.2 Å². The second-order valence-electron chi connectivity index (χ2n) is 5.54. The van der Waals surface area contributed by atoms with E-state index in [1.54, 1.807) is 7.11 Å². The highest BCUT2D eigenvalue weighted by Crippen LogP contribution is 2.34. The molecule has 0 saturated carbocycles. The molecular weight excluding hydrogens is 220 g/mol. The Balaban J connectivity index is 2.90. The maximum absolute atomic E-state index is 10.00. The van der Waals surface area contributed by atoms with E-state index in [4.69, 9.17) is 14.2 Å². The first-order valence-electron chi connectivity index (χ1n) is 5.90. The Hall–Kier alpha value is -0.420. The zero-order valence-corrected chi connectivity index (χ0v) is 11.4. The molecular formula is C13H24O4. The van der Waals surface area contributed by atoms with Crippen LogP contribution in [0.4, 0.5) is 0 Å². The normalized spacial score (nSPS) is 30.9. The topological polar surface area (TPSA) is 47.9 Å². The first-order valence-corrected chi connectivity index (χ1v) is 5.90. The lowest BCUT2D eigenvalue weighted by Crippen LogP contribution is -2.57. The predicted molar refractivity (Wildman–Crippen MR) is 65.7 cm³/mol. The fourth-order valence-corrected chi connectivity index (χ4v) is 2.06. The largest absolute Gasteiger partial charge is 0.388 e. The first-order chi connectivity index (χ1) is 7.73. The van der Waals surface area contributed by atoms with Gasteiger partial charge in [-0.3, -0.25) is 0 Å². The molecule has 1 saturated heterocycles. The second-order valence-corrected chi connectivity index (χ2v) is 5.54. The third-order valence-electron chi connectivity index (χ3n) is 3.21. The van der Waals surface area contributed by atoms with E-state index in [1.807, 2.05) is 33.8 Å². The molecule has 4 nitrogen and oxygen atoms in total. The van der Waals surface area contributed by atoms with Crippen molar-refractivity contribution < 1.29 is 19.3 Å². The predicted octanol–water partition coefficient (Wildman–Crippen LogP) is 1.73. The SMILES string of the molecule is C=CC(C)(C)[C@H](OC)[C@H]1OC(C)(C)OC[C@H]1O. The van der Waals surface area contributed by atoms with Crippen LogP contribution in [0.15, 0.2) is 12.7 Å². The van der Waals surface area contributed by atoms with Gasteiger partial charge in [0.15, 0.2) is 5.79 Å². The highest BCUT2D eigenvalue weighted by atomic mass is 16.7. The Morgan fingerprint density at radius 2 is 2.12 bits per heavy atom. The monoisotopic (exact) mass is 244 g/mol. The van der Waals surface area contributed by atoms with Crippen LogP contribution >= 0.6 is 0 Å². The van der Waals surface area contributed by atoms with Gasteiger partial charge in [-0.2, -0.15) is 0 Å². The zero-order valence-electron chi connectivity index (χ0n) is 11.4. The minimum atomic E-state index is -0.697. The molecule has 3 atom stereocenters. The Labute approximate surface area is 104 Å². The maximum atomic E-state index is 10.00. The molecule has 0 aromatic carbocycles. The molecule has 1 aliphatic rings. The number of aliphatic hydroxyl groups excluding tert-OH is 1. The van der Waals surface area contributed by atoms with Crippen LogP contribution in [0, 0.1) is 5.41 Å². The lowest BCUT2D eigenvalue weighted by Gasteiger charge is -2.45. The summed E-state index contributed by atoms with van der Waals surface area (Å²) in [4.78, 5) is 0. The molecule has 0 aromatic heterocycles. The minimum Gasteiger partial charge on any atom is -0.388 e. The van der Waals surface area contributed by atoms with Crippen molar-refractivity contribution in [2.75, 3.05) is 13.7 Å². The summed E-state index contributed by atoms with van der Waals surface area (Å²) in [5, 5.41) is 10.00. The van der Waals surface area contributed by atoms with Gasteiger partial charge in [-0.05, 0) is 13.8 Å². The van der Waals surface area contributed by atoms with E-state index in [0.29, 0.717) is 0 Å². The number of methoxy groups -OCH3 is 1. The smallest absolute Gasteiger partial charge is 0.163 e. The number of aliphatic hydroxyl groups is 1. The van der Waals surface area contributed by atoms with Crippen molar-refractivity contribution in [3.05, 3.63) is 12.7 Å². The second kappa shape index (κ2) is 5.06. The van der Waals surface area contributed by atoms with E-state index in [-0.39, 0.29) is 18.1 Å². The van der Waals surface area contributed by atoms with Crippen molar-refractivity contribution in [3.8, 4) is 0 Å². The average molecular weight is 244 g/mol. The highest BCUT2D eigenvalue weighted by Gasteiger charge is 2.45. The molecule has 0 spiro atoms. The summed E-state index contributed by atoms with van der Waals surface area (Å²) in [6.45, 7) is 11.7. The summed E-state index contributed by atoms with van der Waals surface area (Å²) >= 11 is 0. The Bertz CT molecular complexity index is 273. The molecule has 1 aliphatic heterocycles. The number of hydrogen-bond donors (Lipinski definition) is 1. The van der Waals surface area contributed by atoms with E-state index in [0.717, 1.165) is 0 Å². The molecule has 0 bridgehead atoms. The highest BCUT2D eigenvalue weighted by molar-refractivity contribution is 5.00. The molecule has 17 heavy (non-hydrogen) atoms. The van der Waals surface area contributed by atoms with Gasteiger partial charge < -0.3 is 19.3 Å². The van der Waals surface area contributed by atoms with E-state index in [2.05, 4.69) is 6.58 Å². The van der Waals surface area contributed by atoms with Gasteiger partial charge >= 0.3 is 0 Å². The van der Waals surface area contributed by atoms with Crippen LogP contribution < -0.4 is 0 Å². The molecule has 1 N–H and O–H groups in total. The summed E-state index contributed by atoms with van der Waals surface area (Å²) in [5.74, 6) is -0.697.